The Morgan fingerprint density at radius 3 is 2.43 bits per heavy atom. The Balaban J connectivity index is 1.29. The number of piperidine rings is 1. The van der Waals surface area contributed by atoms with Crippen LogP contribution in [0.5, 0.6) is 5.88 Å². The molecule has 2 aromatic carbocycles. The minimum absolute atomic E-state index is 0.568. The van der Waals surface area contributed by atoms with Crippen molar-refractivity contribution in [1.82, 2.24) is 9.88 Å². The standard InChI is InChI=1S/C27H30N2O/c1-30-26-14-13-22-10-6-12-25(27(22)28-26)21-15-17-29(18-16-21)19-23-9-4-5-11-24(23)20-7-2-3-8-20/h2-6,9-14,20-21H,7-8,15-19H2,1H3. The number of rotatable bonds is 5. The SMILES string of the molecule is COc1ccc2cccc(C3CCN(Cc4ccccc4C4CC=CC4)CC3)c2n1. The van der Waals surface area contributed by atoms with E-state index in [2.05, 4.69) is 65.6 Å². The normalized spacial score (nSPS) is 18.3. The first kappa shape index (κ1) is 19.3. The highest BCUT2D eigenvalue weighted by Crippen LogP contribution is 2.35. The van der Waals surface area contributed by atoms with Gasteiger partial charge >= 0.3 is 0 Å². The van der Waals surface area contributed by atoms with Gasteiger partial charge in [-0.3, -0.25) is 4.90 Å². The van der Waals surface area contributed by atoms with Crippen LogP contribution in [-0.4, -0.2) is 30.1 Å². The molecule has 5 rings (SSSR count). The van der Waals surface area contributed by atoms with Crippen LogP contribution in [0.3, 0.4) is 0 Å². The highest BCUT2D eigenvalue weighted by atomic mass is 16.5. The van der Waals surface area contributed by atoms with Crippen molar-refractivity contribution in [2.45, 2.75) is 44.1 Å². The molecule has 30 heavy (non-hydrogen) atoms. The average molecular weight is 399 g/mol. The quantitative estimate of drug-likeness (QED) is 0.489. The fourth-order valence-electron chi connectivity index (χ4n) is 5.19. The lowest BCUT2D eigenvalue weighted by Crippen LogP contribution is -2.33. The highest BCUT2D eigenvalue weighted by molar-refractivity contribution is 5.82. The lowest BCUT2D eigenvalue weighted by atomic mass is 9.87. The van der Waals surface area contributed by atoms with Crippen LogP contribution in [-0.2, 0) is 6.54 Å². The molecule has 1 saturated heterocycles. The van der Waals surface area contributed by atoms with Gasteiger partial charge < -0.3 is 4.74 Å². The van der Waals surface area contributed by atoms with E-state index in [0.29, 0.717) is 17.7 Å². The summed E-state index contributed by atoms with van der Waals surface area (Å²) in [6.07, 6.45) is 9.42. The van der Waals surface area contributed by atoms with Crippen molar-refractivity contribution in [3.05, 3.63) is 83.4 Å². The fourth-order valence-corrected chi connectivity index (χ4v) is 5.19. The van der Waals surface area contributed by atoms with Gasteiger partial charge in [0.15, 0.2) is 0 Å². The molecule has 0 bridgehead atoms. The van der Waals surface area contributed by atoms with E-state index in [-0.39, 0.29) is 0 Å². The number of ether oxygens (including phenoxy) is 1. The molecule has 3 aromatic rings. The van der Waals surface area contributed by atoms with Crippen molar-refractivity contribution in [1.29, 1.82) is 0 Å². The topological polar surface area (TPSA) is 25.4 Å². The zero-order chi connectivity index (χ0) is 20.3. The first-order chi connectivity index (χ1) is 14.8. The summed E-state index contributed by atoms with van der Waals surface area (Å²) in [5.41, 5.74) is 5.55. The first-order valence-corrected chi connectivity index (χ1v) is 11.2. The molecule has 3 nitrogen and oxygen atoms in total. The zero-order valence-corrected chi connectivity index (χ0v) is 17.8. The summed E-state index contributed by atoms with van der Waals surface area (Å²) >= 11 is 0. The molecule has 2 aliphatic rings. The van der Waals surface area contributed by atoms with Gasteiger partial charge in [-0.05, 0) is 73.4 Å². The summed E-state index contributed by atoms with van der Waals surface area (Å²) in [4.78, 5) is 7.41. The molecule has 2 heterocycles. The number of hydrogen-bond acceptors (Lipinski definition) is 3. The van der Waals surface area contributed by atoms with Crippen LogP contribution in [0.2, 0.25) is 0 Å². The summed E-state index contributed by atoms with van der Waals surface area (Å²) in [7, 11) is 1.69. The summed E-state index contributed by atoms with van der Waals surface area (Å²) in [6, 6.07) is 19.7. The van der Waals surface area contributed by atoms with Crippen LogP contribution in [0, 0.1) is 0 Å². The maximum Gasteiger partial charge on any atom is 0.213 e. The van der Waals surface area contributed by atoms with E-state index in [1.54, 1.807) is 12.7 Å². The summed E-state index contributed by atoms with van der Waals surface area (Å²) in [6.45, 7) is 3.35. The van der Waals surface area contributed by atoms with Crippen molar-refractivity contribution in [3.63, 3.8) is 0 Å². The molecule has 3 heteroatoms. The van der Waals surface area contributed by atoms with Gasteiger partial charge in [0.05, 0.1) is 12.6 Å². The molecule has 1 aliphatic heterocycles. The number of para-hydroxylation sites is 1. The lowest BCUT2D eigenvalue weighted by molar-refractivity contribution is 0.204. The number of hydrogen-bond donors (Lipinski definition) is 0. The predicted molar refractivity (Wildman–Crippen MR) is 123 cm³/mol. The van der Waals surface area contributed by atoms with Crippen LogP contribution in [0.4, 0.5) is 0 Å². The van der Waals surface area contributed by atoms with Crippen molar-refractivity contribution in [3.8, 4) is 5.88 Å². The largest absolute Gasteiger partial charge is 0.481 e. The summed E-state index contributed by atoms with van der Waals surface area (Å²) in [5, 5.41) is 1.20. The Morgan fingerprint density at radius 2 is 1.63 bits per heavy atom. The van der Waals surface area contributed by atoms with Gasteiger partial charge in [0, 0.05) is 18.0 Å². The smallest absolute Gasteiger partial charge is 0.213 e. The first-order valence-electron chi connectivity index (χ1n) is 11.2. The van der Waals surface area contributed by atoms with E-state index in [4.69, 9.17) is 9.72 Å². The van der Waals surface area contributed by atoms with Gasteiger partial charge in [0.1, 0.15) is 0 Å². The minimum atomic E-state index is 0.568. The number of pyridine rings is 1. The van der Waals surface area contributed by atoms with Crippen LogP contribution < -0.4 is 4.74 Å². The van der Waals surface area contributed by atoms with Crippen LogP contribution in [0.1, 0.15) is 54.2 Å². The van der Waals surface area contributed by atoms with Gasteiger partial charge in [-0.2, -0.15) is 0 Å². The van der Waals surface area contributed by atoms with E-state index in [1.807, 2.05) is 6.07 Å². The number of nitrogens with zero attached hydrogens (tertiary/aromatic N) is 2. The molecule has 0 saturated carbocycles. The maximum absolute atomic E-state index is 5.38. The third kappa shape index (κ3) is 3.87. The molecular formula is C27H30N2O. The van der Waals surface area contributed by atoms with Gasteiger partial charge in [-0.15, -0.1) is 0 Å². The molecule has 1 fully saturated rings. The molecule has 1 aromatic heterocycles. The van der Waals surface area contributed by atoms with Crippen molar-refractivity contribution >= 4 is 10.9 Å². The average Bonchev–Trinajstić information content (AvgIpc) is 3.34. The van der Waals surface area contributed by atoms with Crippen LogP contribution in [0.25, 0.3) is 10.9 Å². The number of benzene rings is 2. The van der Waals surface area contributed by atoms with Crippen molar-refractivity contribution in [2.24, 2.45) is 0 Å². The molecule has 0 radical (unpaired) electrons. The Morgan fingerprint density at radius 1 is 0.867 bits per heavy atom. The molecular weight excluding hydrogens is 368 g/mol. The fraction of sp³-hybridized carbons (Fsp3) is 0.370. The second-order valence-electron chi connectivity index (χ2n) is 8.66. The van der Waals surface area contributed by atoms with E-state index in [9.17, 15) is 0 Å². The Bertz CT molecular complexity index is 1040. The van der Waals surface area contributed by atoms with Gasteiger partial charge in [0.25, 0.3) is 0 Å². The third-order valence-corrected chi connectivity index (χ3v) is 6.86. The van der Waals surface area contributed by atoms with E-state index in [1.165, 1.54) is 42.2 Å². The molecule has 0 atom stereocenters. The number of likely N-dealkylation sites (tertiary alicyclic amines) is 1. The number of fused-ring (bicyclic) bond motifs is 1. The predicted octanol–water partition coefficient (Wildman–Crippen LogP) is 6.06. The molecule has 0 unspecified atom stereocenters. The highest BCUT2D eigenvalue weighted by Gasteiger charge is 2.24. The van der Waals surface area contributed by atoms with E-state index in [0.717, 1.165) is 25.2 Å². The van der Waals surface area contributed by atoms with Gasteiger partial charge in [0.2, 0.25) is 5.88 Å². The summed E-state index contributed by atoms with van der Waals surface area (Å²) in [5.74, 6) is 1.94. The second-order valence-corrected chi connectivity index (χ2v) is 8.66. The molecule has 1 aliphatic carbocycles. The van der Waals surface area contributed by atoms with E-state index >= 15 is 0 Å². The van der Waals surface area contributed by atoms with E-state index < -0.39 is 0 Å². The Hall–Kier alpha value is -2.65. The van der Waals surface area contributed by atoms with Gasteiger partial charge in [-0.1, -0.05) is 54.6 Å². The Kier molecular flexibility index (Phi) is 5.54. The second kappa shape index (κ2) is 8.61. The molecule has 0 spiro atoms. The molecule has 154 valence electrons. The van der Waals surface area contributed by atoms with Crippen LogP contribution in [0.15, 0.2) is 66.7 Å². The third-order valence-electron chi connectivity index (χ3n) is 6.86. The number of aromatic nitrogens is 1. The summed E-state index contributed by atoms with van der Waals surface area (Å²) < 4.78 is 5.38. The van der Waals surface area contributed by atoms with Gasteiger partial charge in [-0.25, -0.2) is 4.98 Å². The number of allylic oxidation sites excluding steroid dienone is 2. The zero-order valence-electron chi connectivity index (χ0n) is 17.8. The monoisotopic (exact) mass is 398 g/mol. The minimum Gasteiger partial charge on any atom is -0.481 e. The van der Waals surface area contributed by atoms with Crippen molar-refractivity contribution < 1.29 is 4.74 Å². The van der Waals surface area contributed by atoms with Crippen LogP contribution >= 0.6 is 0 Å². The molecule has 0 N–H and O–H groups in total. The van der Waals surface area contributed by atoms with Crippen molar-refractivity contribution in [2.75, 3.05) is 20.2 Å². The molecule has 0 amide bonds. The maximum atomic E-state index is 5.38. The lowest BCUT2D eigenvalue weighted by Gasteiger charge is -2.33. The number of methoxy groups -OCH3 is 1. The Labute approximate surface area is 179 Å².